The molecule has 0 amide bonds. The van der Waals surface area contributed by atoms with Gasteiger partial charge in [0.1, 0.15) is 0 Å². The molecule has 3 aromatic carbocycles. The zero-order chi connectivity index (χ0) is 21.7. The molecule has 0 fully saturated rings. The molecule has 0 saturated heterocycles. The van der Waals surface area contributed by atoms with Gasteiger partial charge in [0.25, 0.3) is 0 Å². The molecule has 150 valence electrons. The van der Waals surface area contributed by atoms with Crippen LogP contribution in [0.1, 0.15) is 11.1 Å². The van der Waals surface area contributed by atoms with E-state index in [1.54, 1.807) is 12.3 Å². The lowest BCUT2D eigenvalue weighted by Gasteiger charge is -2.11. The van der Waals surface area contributed by atoms with Crippen LogP contribution in [0, 0.1) is 23.7 Å². The molecule has 31 heavy (non-hydrogen) atoms. The Bertz CT molecular complexity index is 1600. The number of aryl methyl sites for hydroxylation is 2. The lowest BCUT2D eigenvalue weighted by atomic mass is 10.0. The first-order valence-electron chi connectivity index (χ1n) is 9.90. The summed E-state index contributed by atoms with van der Waals surface area (Å²) >= 11 is 0. The van der Waals surface area contributed by atoms with E-state index in [9.17, 15) is 5.26 Å². The smallest absolute Gasteiger partial charge is 0.207 e. The quantitative estimate of drug-likeness (QED) is 0.426. The van der Waals surface area contributed by atoms with Crippen molar-refractivity contribution in [3.8, 4) is 22.9 Å². The van der Waals surface area contributed by atoms with Gasteiger partial charge in [-0.25, -0.2) is 0 Å². The molecule has 0 aliphatic heterocycles. The summed E-state index contributed by atoms with van der Waals surface area (Å²) in [5, 5.41) is 19.2. The second-order valence-electron chi connectivity index (χ2n) is 7.68. The summed E-state index contributed by atoms with van der Waals surface area (Å²) in [6.07, 6.45) is 1.80. The predicted molar refractivity (Wildman–Crippen MR) is 123 cm³/mol. The molecule has 2 aromatic heterocycles. The molecule has 0 unspecified atom stereocenters. The molecular formula is C25H20N6. The van der Waals surface area contributed by atoms with Gasteiger partial charge in [0.2, 0.25) is 5.62 Å². The first-order valence-corrected chi connectivity index (χ1v) is 9.90. The number of fused-ring (bicyclic) bond motifs is 3. The average Bonchev–Trinajstić information content (AvgIpc) is 3.04. The van der Waals surface area contributed by atoms with Crippen LogP contribution in [0.15, 0.2) is 66.9 Å². The van der Waals surface area contributed by atoms with Crippen LogP contribution in [0.3, 0.4) is 0 Å². The van der Waals surface area contributed by atoms with Crippen molar-refractivity contribution in [2.24, 2.45) is 7.05 Å². The van der Waals surface area contributed by atoms with Crippen molar-refractivity contribution < 1.29 is 0 Å². The highest BCUT2D eigenvalue weighted by atomic mass is 15.2. The summed E-state index contributed by atoms with van der Waals surface area (Å²) in [5.41, 5.74) is 14.0. The third kappa shape index (κ3) is 2.87. The first kappa shape index (κ1) is 18.6. The predicted octanol–water partition coefficient (Wildman–Crippen LogP) is 4.43. The molecular weight excluding hydrogens is 384 g/mol. The average molecular weight is 404 g/mol. The Kier molecular flexibility index (Phi) is 4.12. The monoisotopic (exact) mass is 404 g/mol. The molecule has 6 heteroatoms. The van der Waals surface area contributed by atoms with Crippen molar-refractivity contribution >= 4 is 27.6 Å². The Hall–Kier alpha value is -4.37. The normalized spacial score (nSPS) is 11.1. The number of nitrogens with zero attached hydrogens (tertiary/aromatic N) is 4. The minimum atomic E-state index is 0.317. The number of nitrogens with two attached hydrogens (primary N) is 1. The van der Waals surface area contributed by atoms with E-state index in [-0.39, 0.29) is 0 Å². The summed E-state index contributed by atoms with van der Waals surface area (Å²) < 4.78 is 3.71. The number of benzene rings is 3. The van der Waals surface area contributed by atoms with E-state index < -0.39 is 0 Å². The van der Waals surface area contributed by atoms with E-state index in [2.05, 4.69) is 17.1 Å². The fourth-order valence-electron chi connectivity index (χ4n) is 4.07. The van der Waals surface area contributed by atoms with Crippen LogP contribution in [-0.2, 0) is 7.05 Å². The number of imidazole rings is 1. The highest BCUT2D eigenvalue weighted by Crippen LogP contribution is 2.31. The van der Waals surface area contributed by atoms with Gasteiger partial charge >= 0.3 is 0 Å². The number of pyridine rings is 1. The molecule has 0 saturated carbocycles. The van der Waals surface area contributed by atoms with Crippen LogP contribution in [0.2, 0.25) is 0 Å². The van der Waals surface area contributed by atoms with Crippen LogP contribution in [0.25, 0.3) is 38.8 Å². The lowest BCUT2D eigenvalue weighted by molar-refractivity contribution is 0.786. The van der Waals surface area contributed by atoms with Crippen molar-refractivity contribution in [1.82, 2.24) is 14.1 Å². The van der Waals surface area contributed by atoms with Crippen LogP contribution in [0.5, 0.6) is 0 Å². The first-order chi connectivity index (χ1) is 15.0. The Morgan fingerprint density at radius 2 is 1.84 bits per heavy atom. The maximum Gasteiger partial charge on any atom is 0.207 e. The molecule has 0 radical (unpaired) electrons. The van der Waals surface area contributed by atoms with Gasteiger partial charge in [-0.05, 0) is 60.0 Å². The Labute approximate surface area is 178 Å². The molecule has 5 rings (SSSR count). The van der Waals surface area contributed by atoms with Gasteiger partial charge in [-0.15, -0.1) is 0 Å². The highest BCUT2D eigenvalue weighted by Gasteiger charge is 2.16. The topological polar surface area (TPSA) is 96.4 Å². The van der Waals surface area contributed by atoms with E-state index in [0.717, 1.165) is 44.3 Å². The van der Waals surface area contributed by atoms with Crippen LogP contribution >= 0.6 is 0 Å². The Balaban J connectivity index is 1.91. The van der Waals surface area contributed by atoms with Gasteiger partial charge in [0.15, 0.2) is 0 Å². The minimum absolute atomic E-state index is 0.317. The third-order valence-corrected chi connectivity index (χ3v) is 5.73. The van der Waals surface area contributed by atoms with Crippen LogP contribution in [0.4, 0.5) is 5.69 Å². The van der Waals surface area contributed by atoms with Gasteiger partial charge in [0, 0.05) is 18.1 Å². The molecule has 0 aliphatic carbocycles. The summed E-state index contributed by atoms with van der Waals surface area (Å²) in [7, 11) is 1.86. The summed E-state index contributed by atoms with van der Waals surface area (Å²) in [6.45, 7) is 1.99. The molecule has 6 nitrogen and oxygen atoms in total. The molecule has 0 aliphatic rings. The van der Waals surface area contributed by atoms with Gasteiger partial charge in [-0.1, -0.05) is 24.3 Å². The number of aromatic nitrogens is 3. The zero-order valence-corrected chi connectivity index (χ0v) is 17.2. The van der Waals surface area contributed by atoms with Crippen LogP contribution < -0.4 is 11.4 Å². The van der Waals surface area contributed by atoms with Gasteiger partial charge in [-0.2, -0.15) is 5.26 Å². The van der Waals surface area contributed by atoms with Gasteiger partial charge in [-0.3, -0.25) is 15.0 Å². The second kappa shape index (κ2) is 6.85. The SMILES string of the molecule is Cc1ccc(C#N)cc1-n1c(=N)n(C)c2cnc3ccc(-c4cccc(N)c4)cc3c21. The van der Waals surface area contributed by atoms with Crippen molar-refractivity contribution in [3.63, 3.8) is 0 Å². The van der Waals surface area contributed by atoms with E-state index >= 15 is 0 Å². The minimum Gasteiger partial charge on any atom is -0.399 e. The number of anilines is 1. The largest absolute Gasteiger partial charge is 0.399 e. The van der Waals surface area contributed by atoms with E-state index in [1.807, 2.05) is 71.6 Å². The number of nitrogens with one attached hydrogen (secondary N) is 1. The van der Waals surface area contributed by atoms with Crippen LogP contribution in [-0.4, -0.2) is 14.1 Å². The third-order valence-electron chi connectivity index (χ3n) is 5.73. The number of rotatable bonds is 2. The van der Waals surface area contributed by atoms with Crippen molar-refractivity contribution in [3.05, 3.63) is 83.6 Å². The van der Waals surface area contributed by atoms with Gasteiger partial charge < -0.3 is 10.3 Å². The second-order valence-corrected chi connectivity index (χ2v) is 7.68. The van der Waals surface area contributed by atoms with Gasteiger partial charge in [0.05, 0.1) is 40.1 Å². The van der Waals surface area contributed by atoms with Crippen molar-refractivity contribution in [1.29, 1.82) is 10.7 Å². The maximum atomic E-state index is 9.41. The molecule has 0 spiro atoms. The summed E-state index contributed by atoms with van der Waals surface area (Å²) in [5.74, 6) is 0. The Morgan fingerprint density at radius 3 is 2.61 bits per heavy atom. The lowest BCUT2D eigenvalue weighted by Crippen LogP contribution is -2.21. The highest BCUT2D eigenvalue weighted by molar-refractivity contribution is 6.04. The number of nitriles is 1. The number of hydrogen-bond acceptors (Lipinski definition) is 4. The van der Waals surface area contributed by atoms with Crippen molar-refractivity contribution in [2.45, 2.75) is 6.92 Å². The molecule has 2 heterocycles. The molecule has 3 N–H and O–H groups in total. The maximum absolute atomic E-state index is 9.41. The fraction of sp³-hybridized carbons (Fsp3) is 0.0800. The van der Waals surface area contributed by atoms with E-state index in [1.165, 1.54) is 0 Å². The molecule has 0 bridgehead atoms. The van der Waals surface area contributed by atoms with Crippen molar-refractivity contribution in [2.75, 3.05) is 5.73 Å². The summed E-state index contributed by atoms with van der Waals surface area (Å²) in [4.78, 5) is 4.63. The standard InChI is InChI=1S/C25H20N6/c1-15-6-7-16(13-26)10-22(15)31-24-20-12-18(17-4-3-5-19(27)11-17)8-9-21(20)29-14-23(24)30(2)25(31)28/h3-12,14,28H,27H2,1-2H3. The van der Waals surface area contributed by atoms with E-state index in [4.69, 9.17) is 11.1 Å². The number of nitrogen functional groups attached to an aromatic ring is 1. The molecule has 5 aromatic rings. The number of hydrogen-bond donors (Lipinski definition) is 2. The molecule has 0 atom stereocenters. The fourth-order valence-corrected chi connectivity index (χ4v) is 4.07. The Morgan fingerprint density at radius 1 is 1.03 bits per heavy atom. The summed E-state index contributed by atoms with van der Waals surface area (Å²) in [6, 6.07) is 21.7. The van der Waals surface area contributed by atoms with E-state index in [0.29, 0.717) is 16.9 Å². The zero-order valence-electron chi connectivity index (χ0n) is 17.2.